The zero-order valence-corrected chi connectivity index (χ0v) is 8.27. The van der Waals surface area contributed by atoms with E-state index in [4.69, 9.17) is 9.78 Å². The van der Waals surface area contributed by atoms with E-state index in [2.05, 4.69) is 16.2 Å². The zero-order chi connectivity index (χ0) is 10.7. The van der Waals surface area contributed by atoms with Crippen LogP contribution < -0.4 is 0 Å². The number of rotatable bonds is 2. The van der Waals surface area contributed by atoms with Gasteiger partial charge >= 0.3 is 0 Å². The summed E-state index contributed by atoms with van der Waals surface area (Å²) < 4.78 is 5.07. The van der Waals surface area contributed by atoms with Crippen LogP contribution in [0.1, 0.15) is 18.3 Å². The van der Waals surface area contributed by atoms with Crippen molar-refractivity contribution in [3.05, 3.63) is 35.7 Å². The van der Waals surface area contributed by atoms with Crippen molar-refractivity contribution in [3.8, 4) is 17.5 Å². The summed E-state index contributed by atoms with van der Waals surface area (Å²) in [5.74, 6) is 1.19. The van der Waals surface area contributed by atoms with Gasteiger partial charge in [-0.25, -0.2) is 0 Å². The molecule has 0 aliphatic rings. The summed E-state index contributed by atoms with van der Waals surface area (Å²) in [4.78, 5) is 4.19. The van der Waals surface area contributed by atoms with E-state index in [1.165, 1.54) is 0 Å². The summed E-state index contributed by atoms with van der Waals surface area (Å²) in [6.07, 6.45) is 0.750. The van der Waals surface area contributed by atoms with Gasteiger partial charge in [-0.1, -0.05) is 12.1 Å². The fourth-order valence-electron chi connectivity index (χ4n) is 1.20. The molecule has 0 spiro atoms. The van der Waals surface area contributed by atoms with E-state index in [0.29, 0.717) is 17.3 Å². The molecule has 1 aromatic heterocycles. The number of aryl methyl sites for hydroxylation is 1. The summed E-state index contributed by atoms with van der Waals surface area (Å²) in [5, 5.41) is 12.4. The lowest BCUT2D eigenvalue weighted by atomic mass is 10.1. The molecule has 0 aliphatic carbocycles. The molecule has 2 rings (SSSR count). The lowest BCUT2D eigenvalue weighted by Crippen LogP contribution is -1.82. The SMILES string of the molecule is CCc1noc(-c2ccc(C#N)cc2)n1. The van der Waals surface area contributed by atoms with Gasteiger partial charge < -0.3 is 4.52 Å². The highest BCUT2D eigenvalue weighted by molar-refractivity contribution is 5.54. The van der Waals surface area contributed by atoms with Crippen molar-refractivity contribution in [2.24, 2.45) is 0 Å². The minimum atomic E-state index is 0.497. The van der Waals surface area contributed by atoms with Gasteiger partial charge in [-0.3, -0.25) is 0 Å². The van der Waals surface area contributed by atoms with Crippen molar-refractivity contribution < 1.29 is 4.52 Å². The van der Waals surface area contributed by atoms with Crippen LogP contribution in [0.15, 0.2) is 28.8 Å². The zero-order valence-electron chi connectivity index (χ0n) is 8.27. The molecular formula is C11H9N3O. The maximum Gasteiger partial charge on any atom is 0.257 e. The molecule has 0 aliphatic heterocycles. The first-order valence-electron chi connectivity index (χ1n) is 4.66. The van der Waals surface area contributed by atoms with Crippen LogP contribution in [0.25, 0.3) is 11.5 Å². The van der Waals surface area contributed by atoms with Crippen molar-refractivity contribution in [3.63, 3.8) is 0 Å². The third-order valence-corrected chi connectivity index (χ3v) is 2.05. The molecule has 0 radical (unpaired) electrons. The second kappa shape index (κ2) is 3.93. The van der Waals surface area contributed by atoms with E-state index in [1.807, 2.05) is 6.92 Å². The van der Waals surface area contributed by atoms with Crippen LogP contribution in [0.4, 0.5) is 0 Å². The predicted octanol–water partition coefficient (Wildman–Crippen LogP) is 2.17. The van der Waals surface area contributed by atoms with Crippen LogP contribution >= 0.6 is 0 Å². The molecule has 0 unspecified atom stereocenters. The minimum absolute atomic E-state index is 0.497. The summed E-state index contributed by atoms with van der Waals surface area (Å²) in [6, 6.07) is 9.10. The summed E-state index contributed by atoms with van der Waals surface area (Å²) in [6.45, 7) is 1.97. The molecule has 4 heteroatoms. The molecule has 15 heavy (non-hydrogen) atoms. The van der Waals surface area contributed by atoms with Crippen LogP contribution in [0.5, 0.6) is 0 Å². The van der Waals surface area contributed by atoms with Crippen LogP contribution in [-0.2, 0) is 6.42 Å². The average Bonchev–Trinajstić information content (AvgIpc) is 2.78. The number of benzene rings is 1. The van der Waals surface area contributed by atoms with Crippen LogP contribution in [0, 0.1) is 11.3 Å². The van der Waals surface area contributed by atoms with Crippen LogP contribution in [0.2, 0.25) is 0 Å². The normalized spacial score (nSPS) is 9.87. The lowest BCUT2D eigenvalue weighted by Gasteiger charge is -1.92. The largest absolute Gasteiger partial charge is 0.334 e. The van der Waals surface area contributed by atoms with Crippen molar-refractivity contribution >= 4 is 0 Å². The van der Waals surface area contributed by atoms with Gasteiger partial charge in [0.05, 0.1) is 11.6 Å². The Kier molecular flexibility index (Phi) is 2.46. The number of nitriles is 1. The standard InChI is InChI=1S/C11H9N3O/c1-2-10-13-11(15-14-10)9-5-3-8(7-12)4-6-9/h3-6H,2H2,1H3. The molecule has 4 nitrogen and oxygen atoms in total. The highest BCUT2D eigenvalue weighted by atomic mass is 16.5. The number of hydrogen-bond donors (Lipinski definition) is 0. The topological polar surface area (TPSA) is 62.7 Å². The molecule has 0 amide bonds. The quantitative estimate of drug-likeness (QED) is 0.743. The molecule has 0 fully saturated rings. The summed E-state index contributed by atoms with van der Waals surface area (Å²) >= 11 is 0. The fraction of sp³-hybridized carbons (Fsp3) is 0.182. The van der Waals surface area contributed by atoms with Gasteiger partial charge in [0.25, 0.3) is 5.89 Å². The Morgan fingerprint density at radius 2 is 2.07 bits per heavy atom. The lowest BCUT2D eigenvalue weighted by molar-refractivity contribution is 0.423. The van der Waals surface area contributed by atoms with E-state index < -0.39 is 0 Å². The van der Waals surface area contributed by atoms with Gasteiger partial charge in [0.1, 0.15) is 0 Å². The predicted molar refractivity (Wildman–Crippen MR) is 53.8 cm³/mol. The first-order valence-corrected chi connectivity index (χ1v) is 4.66. The van der Waals surface area contributed by atoms with E-state index in [0.717, 1.165) is 12.0 Å². The van der Waals surface area contributed by atoms with E-state index in [9.17, 15) is 0 Å². The van der Waals surface area contributed by atoms with Crippen molar-refractivity contribution in [2.45, 2.75) is 13.3 Å². The molecule has 0 N–H and O–H groups in total. The molecule has 74 valence electrons. The van der Waals surface area contributed by atoms with Gasteiger partial charge in [-0.2, -0.15) is 10.2 Å². The Labute approximate surface area is 87.2 Å². The molecule has 1 heterocycles. The first-order chi connectivity index (χ1) is 7.33. The third kappa shape index (κ3) is 1.86. The Morgan fingerprint density at radius 1 is 1.33 bits per heavy atom. The monoisotopic (exact) mass is 199 g/mol. The molecule has 0 bridgehead atoms. The first kappa shape index (κ1) is 9.41. The Morgan fingerprint density at radius 3 is 2.60 bits per heavy atom. The highest BCUT2D eigenvalue weighted by Gasteiger charge is 2.06. The third-order valence-electron chi connectivity index (χ3n) is 2.05. The van der Waals surface area contributed by atoms with E-state index in [1.54, 1.807) is 24.3 Å². The van der Waals surface area contributed by atoms with Crippen molar-refractivity contribution in [2.75, 3.05) is 0 Å². The number of nitrogens with zero attached hydrogens (tertiary/aromatic N) is 3. The molecule has 0 atom stereocenters. The number of aromatic nitrogens is 2. The van der Waals surface area contributed by atoms with E-state index >= 15 is 0 Å². The second-order valence-electron chi connectivity index (χ2n) is 3.06. The van der Waals surface area contributed by atoms with E-state index in [-0.39, 0.29) is 0 Å². The molecule has 0 saturated carbocycles. The maximum atomic E-state index is 8.64. The summed E-state index contributed by atoms with van der Waals surface area (Å²) in [5.41, 5.74) is 1.45. The van der Waals surface area contributed by atoms with Gasteiger partial charge in [-0.15, -0.1) is 0 Å². The maximum absolute atomic E-state index is 8.64. The molecule has 1 aromatic carbocycles. The minimum Gasteiger partial charge on any atom is -0.334 e. The molecular weight excluding hydrogens is 190 g/mol. The second-order valence-corrected chi connectivity index (χ2v) is 3.06. The van der Waals surface area contributed by atoms with Gasteiger partial charge in [0.2, 0.25) is 0 Å². The molecule has 2 aromatic rings. The highest BCUT2D eigenvalue weighted by Crippen LogP contribution is 2.17. The van der Waals surface area contributed by atoms with Crippen molar-refractivity contribution in [1.82, 2.24) is 10.1 Å². The van der Waals surface area contributed by atoms with Gasteiger partial charge in [0, 0.05) is 12.0 Å². The van der Waals surface area contributed by atoms with Crippen LogP contribution in [-0.4, -0.2) is 10.1 Å². The summed E-state index contributed by atoms with van der Waals surface area (Å²) in [7, 11) is 0. The average molecular weight is 199 g/mol. The Balaban J connectivity index is 2.33. The van der Waals surface area contributed by atoms with Crippen LogP contribution in [0.3, 0.4) is 0 Å². The van der Waals surface area contributed by atoms with Crippen molar-refractivity contribution in [1.29, 1.82) is 5.26 Å². The Hall–Kier alpha value is -2.15. The fourth-order valence-corrected chi connectivity index (χ4v) is 1.20. The molecule has 0 saturated heterocycles. The van der Waals surface area contributed by atoms with Gasteiger partial charge in [0.15, 0.2) is 5.82 Å². The Bertz CT molecular complexity index is 493. The number of hydrogen-bond acceptors (Lipinski definition) is 4. The smallest absolute Gasteiger partial charge is 0.257 e. The van der Waals surface area contributed by atoms with Gasteiger partial charge in [-0.05, 0) is 24.3 Å².